The van der Waals surface area contributed by atoms with E-state index in [0.717, 1.165) is 10.4 Å². The number of carbonyl (C=O) groups is 1. The summed E-state index contributed by atoms with van der Waals surface area (Å²) in [5, 5.41) is 1.98. The van der Waals surface area contributed by atoms with Gasteiger partial charge in [0.1, 0.15) is 0 Å². The van der Waals surface area contributed by atoms with E-state index in [1.807, 2.05) is 18.4 Å². The number of hydrogen-bond donors (Lipinski definition) is 1. The number of halogens is 1. The van der Waals surface area contributed by atoms with Gasteiger partial charge in [0.05, 0.1) is 13.0 Å². The summed E-state index contributed by atoms with van der Waals surface area (Å²) in [6, 6.07) is 1.78. The summed E-state index contributed by atoms with van der Waals surface area (Å²) >= 11 is 1.58. The molecule has 0 aliphatic rings. The minimum Gasteiger partial charge on any atom is -0.466 e. The third-order valence-electron chi connectivity index (χ3n) is 1.93. The second kappa shape index (κ2) is 6.82. The highest BCUT2D eigenvalue weighted by Crippen LogP contribution is 2.24. The van der Waals surface area contributed by atoms with Crippen LogP contribution in [-0.4, -0.2) is 12.6 Å². The Kier molecular flexibility index (Phi) is 6.56. The van der Waals surface area contributed by atoms with Crippen LogP contribution in [0.3, 0.4) is 0 Å². The van der Waals surface area contributed by atoms with Gasteiger partial charge in [-0.25, -0.2) is 0 Å². The van der Waals surface area contributed by atoms with E-state index in [1.165, 1.54) is 0 Å². The van der Waals surface area contributed by atoms with Gasteiger partial charge in [-0.3, -0.25) is 4.79 Å². The Morgan fingerprint density at radius 1 is 1.67 bits per heavy atom. The molecule has 0 saturated heterocycles. The van der Waals surface area contributed by atoms with Crippen LogP contribution in [0.2, 0.25) is 0 Å². The van der Waals surface area contributed by atoms with Gasteiger partial charge < -0.3 is 10.5 Å². The summed E-state index contributed by atoms with van der Waals surface area (Å²) in [7, 11) is 0. The molecule has 1 heterocycles. The molecule has 2 N–H and O–H groups in total. The summed E-state index contributed by atoms with van der Waals surface area (Å²) in [5.41, 5.74) is 7.03. The van der Waals surface area contributed by atoms with Gasteiger partial charge in [-0.05, 0) is 30.9 Å². The molecule has 1 aromatic heterocycles. The lowest BCUT2D eigenvalue weighted by atomic mass is 10.1. The zero-order chi connectivity index (χ0) is 10.6. The standard InChI is InChI=1S/C10H15NO2S.ClH/c1-3-13-9(12)6-8(11)10-7(2)4-5-14-10;/h4-5,8H,3,6,11H2,1-2H3;1H/t8-;/m1./s1. The number of thiophene rings is 1. The van der Waals surface area contributed by atoms with Crippen molar-refractivity contribution in [2.45, 2.75) is 26.3 Å². The van der Waals surface area contributed by atoms with Crippen LogP contribution in [0.4, 0.5) is 0 Å². The van der Waals surface area contributed by atoms with Gasteiger partial charge in [0.2, 0.25) is 0 Å². The van der Waals surface area contributed by atoms with Crippen LogP contribution >= 0.6 is 23.7 Å². The monoisotopic (exact) mass is 249 g/mol. The lowest BCUT2D eigenvalue weighted by molar-refractivity contribution is -0.143. The first-order chi connectivity index (χ1) is 6.65. The number of esters is 1. The van der Waals surface area contributed by atoms with Gasteiger partial charge in [0.15, 0.2) is 0 Å². The highest BCUT2D eigenvalue weighted by atomic mass is 35.5. The first-order valence-corrected chi connectivity index (χ1v) is 5.48. The van der Waals surface area contributed by atoms with Crippen LogP contribution < -0.4 is 5.73 Å². The van der Waals surface area contributed by atoms with E-state index in [-0.39, 0.29) is 30.8 Å². The van der Waals surface area contributed by atoms with E-state index < -0.39 is 0 Å². The molecular weight excluding hydrogens is 234 g/mol. The van der Waals surface area contributed by atoms with Crippen LogP contribution in [0.1, 0.15) is 29.8 Å². The average molecular weight is 250 g/mol. The molecule has 0 aliphatic heterocycles. The van der Waals surface area contributed by atoms with Crippen molar-refractivity contribution in [3.05, 3.63) is 21.9 Å². The first kappa shape index (κ1) is 14.4. The van der Waals surface area contributed by atoms with Crippen molar-refractivity contribution in [2.75, 3.05) is 6.61 Å². The van der Waals surface area contributed by atoms with E-state index in [2.05, 4.69) is 0 Å². The number of nitrogens with two attached hydrogens (primary N) is 1. The van der Waals surface area contributed by atoms with Crippen molar-refractivity contribution in [3.8, 4) is 0 Å². The van der Waals surface area contributed by atoms with Gasteiger partial charge in [-0.1, -0.05) is 0 Å². The van der Waals surface area contributed by atoms with Gasteiger partial charge in [0.25, 0.3) is 0 Å². The molecule has 3 nitrogen and oxygen atoms in total. The van der Waals surface area contributed by atoms with Crippen LogP contribution in [-0.2, 0) is 9.53 Å². The Morgan fingerprint density at radius 3 is 2.80 bits per heavy atom. The smallest absolute Gasteiger partial charge is 0.307 e. The lowest BCUT2D eigenvalue weighted by Gasteiger charge is -2.09. The molecule has 1 aromatic rings. The van der Waals surface area contributed by atoms with Crippen LogP contribution in [0.15, 0.2) is 11.4 Å². The highest BCUT2D eigenvalue weighted by molar-refractivity contribution is 7.10. The maximum Gasteiger partial charge on any atom is 0.307 e. The summed E-state index contributed by atoms with van der Waals surface area (Å²) in [6.07, 6.45) is 0.259. The fourth-order valence-corrected chi connectivity index (χ4v) is 2.19. The SMILES string of the molecule is CCOC(=O)C[C@@H](N)c1sccc1C.Cl. The Balaban J connectivity index is 0.00000196. The Hall–Kier alpha value is -0.580. The predicted octanol–water partition coefficient (Wildman–Crippen LogP) is 2.43. The second-order valence-electron chi connectivity index (χ2n) is 3.08. The normalized spacial score (nSPS) is 11.7. The average Bonchev–Trinajstić information content (AvgIpc) is 2.51. The molecule has 0 bridgehead atoms. The zero-order valence-corrected chi connectivity index (χ0v) is 10.5. The summed E-state index contributed by atoms with van der Waals surface area (Å²) < 4.78 is 4.84. The second-order valence-corrected chi connectivity index (χ2v) is 4.03. The topological polar surface area (TPSA) is 52.3 Å². The number of carbonyl (C=O) groups excluding carboxylic acids is 1. The first-order valence-electron chi connectivity index (χ1n) is 4.60. The zero-order valence-electron chi connectivity index (χ0n) is 8.86. The quantitative estimate of drug-likeness (QED) is 0.834. The number of hydrogen-bond acceptors (Lipinski definition) is 4. The van der Waals surface area contributed by atoms with Gasteiger partial charge >= 0.3 is 5.97 Å². The highest BCUT2D eigenvalue weighted by Gasteiger charge is 2.15. The maximum atomic E-state index is 11.2. The summed E-state index contributed by atoms with van der Waals surface area (Å²) in [6.45, 7) is 4.20. The Bertz CT molecular complexity index is 314. The fourth-order valence-electron chi connectivity index (χ4n) is 1.26. The van der Waals surface area contributed by atoms with E-state index in [4.69, 9.17) is 10.5 Å². The summed E-state index contributed by atoms with van der Waals surface area (Å²) in [5.74, 6) is -0.229. The minimum atomic E-state index is -0.229. The molecule has 0 unspecified atom stereocenters. The Morgan fingerprint density at radius 2 is 2.33 bits per heavy atom. The lowest BCUT2D eigenvalue weighted by Crippen LogP contribution is -2.16. The predicted molar refractivity (Wildman–Crippen MR) is 64.5 cm³/mol. The van der Waals surface area contributed by atoms with Crippen LogP contribution in [0.5, 0.6) is 0 Å². The molecule has 15 heavy (non-hydrogen) atoms. The molecule has 1 rings (SSSR count). The van der Waals surface area contributed by atoms with Gasteiger partial charge in [-0.15, -0.1) is 23.7 Å². The van der Waals surface area contributed by atoms with Crippen molar-refractivity contribution in [2.24, 2.45) is 5.73 Å². The molecule has 5 heteroatoms. The molecule has 0 saturated carbocycles. The largest absolute Gasteiger partial charge is 0.466 e. The molecule has 0 spiro atoms. The van der Waals surface area contributed by atoms with E-state index in [0.29, 0.717) is 6.61 Å². The van der Waals surface area contributed by atoms with Gasteiger partial charge in [0, 0.05) is 10.9 Å². The van der Waals surface area contributed by atoms with Crippen molar-refractivity contribution in [1.29, 1.82) is 0 Å². The van der Waals surface area contributed by atoms with Crippen LogP contribution in [0.25, 0.3) is 0 Å². The molecule has 0 radical (unpaired) electrons. The van der Waals surface area contributed by atoms with E-state index >= 15 is 0 Å². The van der Waals surface area contributed by atoms with Crippen molar-refractivity contribution < 1.29 is 9.53 Å². The van der Waals surface area contributed by atoms with Gasteiger partial charge in [-0.2, -0.15) is 0 Å². The molecule has 0 aliphatic carbocycles. The van der Waals surface area contributed by atoms with Crippen molar-refractivity contribution >= 4 is 29.7 Å². The van der Waals surface area contributed by atoms with Crippen LogP contribution in [0, 0.1) is 6.92 Å². The number of aryl methyl sites for hydroxylation is 1. The molecule has 86 valence electrons. The van der Waals surface area contributed by atoms with Crippen molar-refractivity contribution in [3.63, 3.8) is 0 Å². The Labute approximate surface area is 100 Å². The molecule has 0 amide bonds. The molecular formula is C10H16ClNO2S. The molecule has 0 fully saturated rings. The molecule has 1 atom stereocenters. The maximum absolute atomic E-state index is 11.2. The number of ether oxygens (including phenoxy) is 1. The summed E-state index contributed by atoms with van der Waals surface area (Å²) in [4.78, 5) is 12.2. The molecule has 0 aromatic carbocycles. The van der Waals surface area contributed by atoms with E-state index in [9.17, 15) is 4.79 Å². The van der Waals surface area contributed by atoms with Crippen molar-refractivity contribution in [1.82, 2.24) is 0 Å². The number of rotatable bonds is 4. The third kappa shape index (κ3) is 4.20. The van der Waals surface area contributed by atoms with E-state index in [1.54, 1.807) is 18.3 Å². The fraction of sp³-hybridized carbons (Fsp3) is 0.500. The minimum absolute atomic E-state index is 0. The third-order valence-corrected chi connectivity index (χ3v) is 3.08.